The van der Waals surface area contributed by atoms with E-state index >= 15 is 0 Å². The molecule has 7 nitrogen and oxygen atoms in total. The van der Waals surface area contributed by atoms with E-state index in [1.165, 1.54) is 4.90 Å². The molecule has 7 heteroatoms. The Morgan fingerprint density at radius 1 is 1.17 bits per heavy atom. The second-order valence-electron chi connectivity index (χ2n) is 9.22. The number of esters is 1. The number of imide groups is 1. The smallest absolute Gasteiger partial charge is 0.417 e. The molecule has 3 unspecified atom stereocenters. The van der Waals surface area contributed by atoms with Crippen molar-refractivity contribution in [1.82, 2.24) is 4.90 Å². The molecule has 3 fully saturated rings. The molecule has 1 aromatic rings. The molecule has 7 atom stereocenters. The quantitative estimate of drug-likeness (QED) is 0.744. The van der Waals surface area contributed by atoms with E-state index in [4.69, 9.17) is 15.2 Å². The molecule has 0 saturated carbocycles. The number of benzene rings is 1. The van der Waals surface area contributed by atoms with Gasteiger partial charge in [-0.05, 0) is 30.2 Å². The lowest BCUT2D eigenvalue weighted by atomic mass is 9.69. The lowest BCUT2D eigenvalue weighted by Gasteiger charge is -2.43. The molecular weight excluding hydrogens is 384 g/mol. The zero-order chi connectivity index (χ0) is 21.6. The van der Waals surface area contributed by atoms with Crippen LogP contribution in [0.15, 0.2) is 30.3 Å². The number of nitrogens with zero attached hydrogens (tertiary/aromatic N) is 1. The van der Waals surface area contributed by atoms with Gasteiger partial charge in [-0.25, -0.2) is 9.69 Å². The number of rotatable bonds is 5. The molecule has 3 heterocycles. The van der Waals surface area contributed by atoms with Gasteiger partial charge in [-0.2, -0.15) is 0 Å². The van der Waals surface area contributed by atoms with Gasteiger partial charge in [0.2, 0.25) is 5.91 Å². The van der Waals surface area contributed by atoms with E-state index in [1.807, 2.05) is 51.1 Å². The highest BCUT2D eigenvalue weighted by Crippen LogP contribution is 2.45. The van der Waals surface area contributed by atoms with E-state index in [9.17, 15) is 14.4 Å². The lowest BCUT2D eigenvalue weighted by Crippen LogP contribution is -2.55. The molecule has 0 aliphatic carbocycles. The Hall–Kier alpha value is -2.41. The molecule has 1 aromatic carbocycles. The fourth-order valence-corrected chi connectivity index (χ4v) is 5.36. The average molecular weight is 415 g/mol. The van der Waals surface area contributed by atoms with Gasteiger partial charge < -0.3 is 15.2 Å². The summed E-state index contributed by atoms with van der Waals surface area (Å²) >= 11 is 0. The standard InChI is InChI=1S/C23H30N2O5/c1-12(2)15-10-19(30-22(15)27)17(24)9-16-13(3)20(14-7-5-4-6-8-14)18-11-29-23(28)25(18)21(16)26/h4-8,12-13,15-20H,9-11,24H2,1-3H3/t13?,15?,16-,17-,18+,19-,20?/m0/s1. The molecule has 2 amide bonds. The summed E-state index contributed by atoms with van der Waals surface area (Å²) in [6, 6.07) is 9.17. The summed E-state index contributed by atoms with van der Waals surface area (Å²) in [7, 11) is 0. The third-order valence-corrected chi connectivity index (χ3v) is 7.13. The first-order valence-corrected chi connectivity index (χ1v) is 10.8. The Balaban J connectivity index is 1.57. The number of hydrogen-bond donors (Lipinski definition) is 1. The van der Waals surface area contributed by atoms with Crippen LogP contribution in [-0.2, 0) is 19.1 Å². The highest BCUT2D eigenvalue weighted by molar-refractivity contribution is 5.96. The molecule has 0 radical (unpaired) electrons. The number of piperidine rings is 1. The monoisotopic (exact) mass is 414 g/mol. The van der Waals surface area contributed by atoms with Gasteiger partial charge in [0, 0.05) is 17.9 Å². The maximum Gasteiger partial charge on any atom is 0.417 e. The zero-order valence-corrected chi connectivity index (χ0v) is 17.7. The second-order valence-corrected chi connectivity index (χ2v) is 9.22. The van der Waals surface area contributed by atoms with Crippen molar-refractivity contribution in [3.05, 3.63) is 35.9 Å². The number of amides is 2. The van der Waals surface area contributed by atoms with E-state index in [0.717, 1.165) is 5.56 Å². The van der Waals surface area contributed by atoms with Crippen LogP contribution in [0.5, 0.6) is 0 Å². The number of hydrogen-bond acceptors (Lipinski definition) is 6. The van der Waals surface area contributed by atoms with Crippen LogP contribution >= 0.6 is 0 Å². The molecule has 162 valence electrons. The number of fused-ring (bicyclic) bond motifs is 1. The number of ether oxygens (including phenoxy) is 2. The van der Waals surface area contributed by atoms with Crippen LogP contribution in [0.1, 0.15) is 45.1 Å². The minimum absolute atomic E-state index is 0.0258. The van der Waals surface area contributed by atoms with Crippen LogP contribution in [-0.4, -0.2) is 47.7 Å². The maximum absolute atomic E-state index is 13.3. The van der Waals surface area contributed by atoms with Crippen LogP contribution in [0.2, 0.25) is 0 Å². The number of nitrogens with two attached hydrogens (primary N) is 1. The zero-order valence-electron chi connectivity index (χ0n) is 17.7. The molecule has 0 bridgehead atoms. The summed E-state index contributed by atoms with van der Waals surface area (Å²) in [5.74, 6) is -0.907. The van der Waals surface area contributed by atoms with Crippen molar-refractivity contribution >= 4 is 18.0 Å². The fourth-order valence-electron chi connectivity index (χ4n) is 5.36. The third kappa shape index (κ3) is 3.49. The summed E-state index contributed by atoms with van der Waals surface area (Å²) in [6.45, 7) is 6.25. The predicted octanol–water partition coefficient (Wildman–Crippen LogP) is 2.69. The minimum Gasteiger partial charge on any atom is -0.460 e. The highest BCUT2D eigenvalue weighted by atomic mass is 16.6. The van der Waals surface area contributed by atoms with E-state index < -0.39 is 24.2 Å². The highest BCUT2D eigenvalue weighted by Gasteiger charge is 2.54. The summed E-state index contributed by atoms with van der Waals surface area (Å²) in [6.07, 6.45) is -0.0432. The van der Waals surface area contributed by atoms with E-state index in [2.05, 4.69) is 0 Å². The summed E-state index contributed by atoms with van der Waals surface area (Å²) in [5.41, 5.74) is 7.53. The molecule has 0 aromatic heterocycles. The minimum atomic E-state index is -0.580. The number of carbonyl (C=O) groups is 3. The normalized spacial score (nSPS) is 34.7. The molecule has 3 aliphatic heterocycles. The van der Waals surface area contributed by atoms with Gasteiger partial charge in [0.15, 0.2) is 0 Å². The first-order valence-electron chi connectivity index (χ1n) is 10.8. The van der Waals surface area contributed by atoms with Crippen molar-refractivity contribution in [3.63, 3.8) is 0 Å². The Bertz CT molecular complexity index is 826. The van der Waals surface area contributed by atoms with Crippen molar-refractivity contribution in [3.8, 4) is 0 Å². The summed E-state index contributed by atoms with van der Waals surface area (Å²) in [5, 5.41) is 0. The molecule has 3 saturated heterocycles. The van der Waals surface area contributed by atoms with Crippen LogP contribution in [0.3, 0.4) is 0 Å². The molecular formula is C23H30N2O5. The van der Waals surface area contributed by atoms with Gasteiger partial charge in [-0.3, -0.25) is 9.59 Å². The van der Waals surface area contributed by atoms with Crippen molar-refractivity contribution in [2.45, 2.75) is 57.7 Å². The molecule has 30 heavy (non-hydrogen) atoms. The van der Waals surface area contributed by atoms with Crippen LogP contribution in [0.4, 0.5) is 4.79 Å². The van der Waals surface area contributed by atoms with Gasteiger partial charge in [0.1, 0.15) is 12.7 Å². The van der Waals surface area contributed by atoms with Gasteiger partial charge >= 0.3 is 12.1 Å². The first kappa shape index (κ1) is 20.8. The van der Waals surface area contributed by atoms with Crippen LogP contribution in [0.25, 0.3) is 0 Å². The molecule has 3 aliphatic rings. The number of cyclic esters (lactones) is 2. The van der Waals surface area contributed by atoms with E-state index in [-0.39, 0.29) is 48.2 Å². The Kier molecular flexibility index (Phi) is 5.57. The van der Waals surface area contributed by atoms with E-state index in [1.54, 1.807) is 0 Å². The van der Waals surface area contributed by atoms with Crippen molar-refractivity contribution < 1.29 is 23.9 Å². The number of carbonyl (C=O) groups excluding carboxylic acids is 3. The molecule has 4 rings (SSSR count). The first-order chi connectivity index (χ1) is 14.3. The second kappa shape index (κ2) is 8.02. The van der Waals surface area contributed by atoms with Gasteiger partial charge in [-0.1, -0.05) is 51.1 Å². The lowest BCUT2D eigenvalue weighted by molar-refractivity contribution is -0.146. The Morgan fingerprint density at radius 2 is 1.87 bits per heavy atom. The SMILES string of the molecule is CC(C)C1C[C@@H]([C@@H](N)C[C@@H]2C(=O)N3C(=O)OC[C@@H]3C(c3ccccc3)C2C)OC1=O. The van der Waals surface area contributed by atoms with Crippen LogP contribution in [0, 0.1) is 23.7 Å². The van der Waals surface area contributed by atoms with Crippen molar-refractivity contribution in [1.29, 1.82) is 0 Å². The van der Waals surface area contributed by atoms with Crippen molar-refractivity contribution in [2.24, 2.45) is 29.4 Å². The van der Waals surface area contributed by atoms with Gasteiger partial charge in [-0.15, -0.1) is 0 Å². The largest absolute Gasteiger partial charge is 0.460 e. The van der Waals surface area contributed by atoms with E-state index in [0.29, 0.717) is 12.8 Å². The fraction of sp³-hybridized carbons (Fsp3) is 0.609. The van der Waals surface area contributed by atoms with Gasteiger partial charge in [0.05, 0.1) is 12.0 Å². The van der Waals surface area contributed by atoms with Crippen LogP contribution < -0.4 is 5.73 Å². The summed E-state index contributed by atoms with van der Waals surface area (Å²) < 4.78 is 10.8. The average Bonchev–Trinajstić information content (AvgIpc) is 3.29. The molecule has 0 spiro atoms. The Labute approximate surface area is 176 Å². The van der Waals surface area contributed by atoms with Crippen molar-refractivity contribution in [2.75, 3.05) is 6.61 Å². The molecule has 2 N–H and O–H groups in total. The Morgan fingerprint density at radius 3 is 2.50 bits per heavy atom. The maximum atomic E-state index is 13.3. The third-order valence-electron chi connectivity index (χ3n) is 7.13. The van der Waals surface area contributed by atoms with Gasteiger partial charge in [0.25, 0.3) is 0 Å². The predicted molar refractivity (Wildman–Crippen MR) is 109 cm³/mol. The topological polar surface area (TPSA) is 98.9 Å². The summed E-state index contributed by atoms with van der Waals surface area (Å²) in [4.78, 5) is 39.0.